The van der Waals surface area contributed by atoms with Crippen LogP contribution in [0.3, 0.4) is 0 Å². The van der Waals surface area contributed by atoms with Gasteiger partial charge in [-0.25, -0.2) is 0 Å². The number of hydrogen-bond donors (Lipinski definition) is 1. The van der Waals surface area contributed by atoms with Crippen LogP contribution >= 0.6 is 0 Å². The molecule has 0 spiro atoms. The van der Waals surface area contributed by atoms with Crippen LogP contribution in [0.15, 0.2) is 0 Å². The fourth-order valence-corrected chi connectivity index (χ4v) is 3.59. The first-order valence-electron chi connectivity index (χ1n) is 8.83. The molecule has 22 heavy (non-hydrogen) atoms. The molecule has 4 nitrogen and oxygen atoms in total. The van der Waals surface area contributed by atoms with Crippen LogP contribution < -0.4 is 0 Å². The van der Waals surface area contributed by atoms with Crippen LogP contribution in [0.25, 0.3) is 0 Å². The van der Waals surface area contributed by atoms with Gasteiger partial charge in [-0.1, -0.05) is 34.6 Å². The molecule has 0 aromatic rings. The van der Waals surface area contributed by atoms with Crippen molar-refractivity contribution in [2.75, 3.05) is 52.5 Å². The highest BCUT2D eigenvalue weighted by molar-refractivity contribution is 4.87. The van der Waals surface area contributed by atoms with Gasteiger partial charge >= 0.3 is 0 Å². The number of ether oxygens (including phenoxy) is 1. The molecule has 2 aliphatic heterocycles. The van der Waals surface area contributed by atoms with Crippen molar-refractivity contribution in [3.63, 3.8) is 0 Å². The Labute approximate surface area is 136 Å². The molecule has 2 saturated heterocycles. The summed E-state index contributed by atoms with van der Waals surface area (Å²) in [5.41, 5.74) is 0.566. The van der Waals surface area contributed by atoms with Gasteiger partial charge in [0, 0.05) is 50.1 Å². The summed E-state index contributed by atoms with van der Waals surface area (Å²) in [6, 6.07) is 0.386. The van der Waals surface area contributed by atoms with Crippen molar-refractivity contribution in [1.82, 2.24) is 9.80 Å². The Kier molecular flexibility index (Phi) is 5.92. The van der Waals surface area contributed by atoms with Gasteiger partial charge in [0.1, 0.15) is 0 Å². The summed E-state index contributed by atoms with van der Waals surface area (Å²) in [6.07, 6.45) is 1.14. The fourth-order valence-electron chi connectivity index (χ4n) is 3.59. The molecular formula is C18H36N2O2. The first-order valence-corrected chi connectivity index (χ1v) is 8.83. The Morgan fingerprint density at radius 1 is 1.09 bits per heavy atom. The Morgan fingerprint density at radius 3 is 2.27 bits per heavy atom. The van der Waals surface area contributed by atoms with E-state index in [0.717, 1.165) is 32.7 Å². The Balaban J connectivity index is 1.57. The molecule has 2 aliphatic rings. The van der Waals surface area contributed by atoms with Crippen molar-refractivity contribution < 1.29 is 9.84 Å². The van der Waals surface area contributed by atoms with Crippen molar-refractivity contribution in [1.29, 1.82) is 0 Å². The van der Waals surface area contributed by atoms with E-state index in [4.69, 9.17) is 4.74 Å². The highest BCUT2D eigenvalue weighted by Gasteiger charge is 2.33. The number of hydrogen-bond acceptors (Lipinski definition) is 4. The second-order valence-electron chi connectivity index (χ2n) is 9.40. The molecule has 0 radical (unpaired) electrons. The molecule has 130 valence electrons. The van der Waals surface area contributed by atoms with Gasteiger partial charge in [-0.15, -0.1) is 0 Å². The molecule has 1 atom stereocenters. The minimum atomic E-state index is 0.169. The SMILES string of the molecule is CC(C)(C)CN1CC(COCC(C)(C)CN2CC[C@H]2CO)C1. The van der Waals surface area contributed by atoms with Crippen molar-refractivity contribution in [2.45, 2.75) is 47.1 Å². The second kappa shape index (κ2) is 7.16. The lowest BCUT2D eigenvalue weighted by molar-refractivity contribution is -0.0441. The van der Waals surface area contributed by atoms with Crippen molar-refractivity contribution >= 4 is 0 Å². The fraction of sp³-hybridized carbons (Fsp3) is 1.00. The topological polar surface area (TPSA) is 35.9 Å². The van der Waals surface area contributed by atoms with Crippen LogP contribution in [0.1, 0.15) is 41.0 Å². The zero-order valence-electron chi connectivity index (χ0n) is 15.3. The molecule has 1 N–H and O–H groups in total. The smallest absolute Gasteiger partial charge is 0.0587 e. The summed E-state index contributed by atoms with van der Waals surface area (Å²) in [5.74, 6) is 0.715. The van der Waals surface area contributed by atoms with Gasteiger partial charge in [-0.2, -0.15) is 0 Å². The molecule has 0 aromatic heterocycles. The summed E-state index contributed by atoms with van der Waals surface area (Å²) in [5, 5.41) is 9.27. The number of likely N-dealkylation sites (tertiary alicyclic amines) is 2. The van der Waals surface area contributed by atoms with Gasteiger partial charge < -0.3 is 14.7 Å². The molecular weight excluding hydrogens is 276 g/mol. The highest BCUT2D eigenvalue weighted by atomic mass is 16.5. The summed E-state index contributed by atoms with van der Waals surface area (Å²) in [4.78, 5) is 4.92. The summed E-state index contributed by atoms with van der Waals surface area (Å²) in [6.45, 7) is 19.2. The Morgan fingerprint density at radius 2 is 1.77 bits per heavy atom. The third kappa shape index (κ3) is 5.48. The molecule has 0 aromatic carbocycles. The zero-order chi connectivity index (χ0) is 16.4. The van der Waals surface area contributed by atoms with Crippen LogP contribution in [-0.4, -0.2) is 73.5 Å². The van der Waals surface area contributed by atoms with Gasteiger partial charge in [0.15, 0.2) is 0 Å². The maximum Gasteiger partial charge on any atom is 0.0587 e. The standard InChI is InChI=1S/C18H36N2O2/c1-17(2,3)12-19-8-15(9-19)11-22-14-18(4,5)13-20-7-6-16(20)10-21/h15-16,21H,6-14H2,1-5H3/t16-/m0/s1. The molecule has 0 unspecified atom stereocenters. The molecule has 4 heteroatoms. The number of aliphatic hydroxyl groups excluding tert-OH is 1. The van der Waals surface area contributed by atoms with E-state index in [0.29, 0.717) is 24.0 Å². The highest BCUT2D eigenvalue weighted by Crippen LogP contribution is 2.26. The van der Waals surface area contributed by atoms with Crippen molar-refractivity contribution in [3.8, 4) is 0 Å². The van der Waals surface area contributed by atoms with E-state index >= 15 is 0 Å². The van der Waals surface area contributed by atoms with E-state index in [9.17, 15) is 5.11 Å². The molecule has 0 saturated carbocycles. The third-order valence-corrected chi connectivity index (χ3v) is 4.68. The lowest BCUT2D eigenvalue weighted by atomic mass is 9.90. The number of rotatable bonds is 8. The van der Waals surface area contributed by atoms with Crippen LogP contribution in [0.4, 0.5) is 0 Å². The van der Waals surface area contributed by atoms with Gasteiger partial charge in [-0.05, 0) is 11.8 Å². The summed E-state index contributed by atoms with van der Waals surface area (Å²) < 4.78 is 6.00. The zero-order valence-corrected chi connectivity index (χ0v) is 15.3. The largest absolute Gasteiger partial charge is 0.395 e. The van der Waals surface area contributed by atoms with Crippen molar-refractivity contribution in [2.24, 2.45) is 16.7 Å². The monoisotopic (exact) mass is 312 g/mol. The second-order valence-corrected chi connectivity index (χ2v) is 9.40. The Hall–Kier alpha value is -0.160. The maximum absolute atomic E-state index is 9.27. The number of nitrogens with zero attached hydrogens (tertiary/aromatic N) is 2. The predicted octanol–water partition coefficient (Wildman–Crippen LogP) is 2.07. The number of aliphatic hydroxyl groups is 1. The Bertz CT molecular complexity index is 343. The average molecular weight is 312 g/mol. The minimum Gasteiger partial charge on any atom is -0.395 e. The third-order valence-electron chi connectivity index (χ3n) is 4.68. The van der Waals surface area contributed by atoms with E-state index in [1.807, 2.05) is 0 Å². The molecule has 2 rings (SSSR count). The quantitative estimate of drug-likeness (QED) is 0.744. The van der Waals surface area contributed by atoms with E-state index in [1.54, 1.807) is 0 Å². The van der Waals surface area contributed by atoms with Gasteiger partial charge in [0.2, 0.25) is 0 Å². The average Bonchev–Trinajstić information content (AvgIpc) is 2.30. The lowest BCUT2D eigenvalue weighted by Crippen LogP contribution is -2.54. The van der Waals surface area contributed by atoms with Gasteiger partial charge in [0.25, 0.3) is 0 Å². The summed E-state index contributed by atoms with van der Waals surface area (Å²) >= 11 is 0. The van der Waals surface area contributed by atoms with Gasteiger partial charge in [-0.3, -0.25) is 4.90 Å². The minimum absolute atomic E-state index is 0.169. The van der Waals surface area contributed by atoms with Crippen LogP contribution in [0.5, 0.6) is 0 Å². The molecule has 0 aliphatic carbocycles. The van der Waals surface area contributed by atoms with E-state index in [-0.39, 0.29) is 5.41 Å². The van der Waals surface area contributed by atoms with E-state index < -0.39 is 0 Å². The van der Waals surface area contributed by atoms with Gasteiger partial charge in [0.05, 0.1) is 19.8 Å². The molecule has 2 heterocycles. The van der Waals surface area contributed by atoms with E-state index in [2.05, 4.69) is 44.4 Å². The first kappa shape index (κ1) is 18.2. The molecule has 2 fully saturated rings. The van der Waals surface area contributed by atoms with Crippen LogP contribution in [-0.2, 0) is 4.74 Å². The first-order chi connectivity index (χ1) is 10.2. The normalized spacial score (nSPS) is 25.1. The molecule has 0 amide bonds. The van der Waals surface area contributed by atoms with Crippen LogP contribution in [0.2, 0.25) is 0 Å². The summed E-state index contributed by atoms with van der Waals surface area (Å²) in [7, 11) is 0. The van der Waals surface area contributed by atoms with Crippen LogP contribution in [0, 0.1) is 16.7 Å². The maximum atomic E-state index is 9.27. The van der Waals surface area contributed by atoms with Crippen molar-refractivity contribution in [3.05, 3.63) is 0 Å². The van der Waals surface area contributed by atoms with E-state index in [1.165, 1.54) is 19.6 Å². The lowest BCUT2D eigenvalue weighted by Gasteiger charge is -2.45. The molecule has 0 bridgehead atoms. The predicted molar refractivity (Wildman–Crippen MR) is 91.0 cm³/mol.